The van der Waals surface area contributed by atoms with Crippen molar-refractivity contribution in [1.29, 1.82) is 0 Å². The lowest BCUT2D eigenvalue weighted by Gasteiger charge is -2.15. The lowest BCUT2D eigenvalue weighted by atomic mass is 10.1. The molecule has 8 heteroatoms. The number of para-hydroxylation sites is 1. The van der Waals surface area contributed by atoms with Crippen LogP contribution in [0.25, 0.3) is 22.2 Å². The van der Waals surface area contributed by atoms with Crippen LogP contribution in [0.2, 0.25) is 0 Å². The number of amides is 1. The molecule has 2 aromatic carbocycles. The van der Waals surface area contributed by atoms with Gasteiger partial charge >= 0.3 is 0 Å². The highest BCUT2D eigenvalue weighted by molar-refractivity contribution is 6.01. The van der Waals surface area contributed by atoms with Crippen molar-refractivity contribution in [3.05, 3.63) is 60.8 Å². The van der Waals surface area contributed by atoms with Crippen molar-refractivity contribution in [2.24, 2.45) is 0 Å². The molecule has 1 saturated heterocycles. The first-order chi connectivity index (χ1) is 16.5. The van der Waals surface area contributed by atoms with Gasteiger partial charge in [-0.15, -0.1) is 0 Å². The number of nitrogens with zero attached hydrogens (tertiary/aromatic N) is 4. The molecule has 0 saturated carbocycles. The van der Waals surface area contributed by atoms with Gasteiger partial charge in [0.1, 0.15) is 23.0 Å². The van der Waals surface area contributed by atoms with E-state index >= 15 is 0 Å². The minimum Gasteiger partial charge on any atom is -0.457 e. The predicted octanol–water partition coefficient (Wildman–Crippen LogP) is 3.85. The molecule has 1 aliphatic heterocycles. The lowest BCUT2D eigenvalue weighted by molar-refractivity contribution is -0.124. The highest BCUT2D eigenvalue weighted by Gasteiger charge is 2.29. The summed E-state index contributed by atoms with van der Waals surface area (Å²) >= 11 is 0. The van der Waals surface area contributed by atoms with Crippen molar-refractivity contribution in [3.63, 3.8) is 0 Å². The molecular weight excluding hydrogens is 428 g/mol. The van der Waals surface area contributed by atoms with Crippen LogP contribution in [0.5, 0.6) is 11.5 Å². The maximum atomic E-state index is 12.2. The van der Waals surface area contributed by atoms with Crippen molar-refractivity contribution < 1.29 is 9.53 Å². The van der Waals surface area contributed by atoms with E-state index in [9.17, 15) is 4.79 Å². The Morgan fingerprint density at radius 3 is 2.53 bits per heavy atom. The van der Waals surface area contributed by atoms with E-state index < -0.39 is 0 Å². The standard InChI is InChI=1S/C26H24N6O2/c1-2-6-22(33)31-14-13-18(15-31)32-16-21(23-24(27)29-26(28)30-25(23)32)17-9-11-20(12-10-17)34-19-7-4-3-5-8-19/h3-5,7-12,16,18H,13-15H2,1H3,(H4,27,28,29,30)/t18-/m1/s1. The van der Waals surface area contributed by atoms with E-state index in [-0.39, 0.29) is 17.9 Å². The number of fused-ring (bicyclic) bond motifs is 1. The number of aromatic nitrogens is 3. The maximum absolute atomic E-state index is 12.2. The molecule has 0 unspecified atom stereocenters. The van der Waals surface area contributed by atoms with Gasteiger partial charge in [-0.2, -0.15) is 9.97 Å². The molecule has 1 amide bonds. The third kappa shape index (κ3) is 3.99. The van der Waals surface area contributed by atoms with E-state index in [2.05, 4.69) is 26.4 Å². The Hall–Kier alpha value is -4.51. The van der Waals surface area contributed by atoms with Crippen LogP contribution in [0.15, 0.2) is 60.8 Å². The molecule has 5 rings (SSSR count). The van der Waals surface area contributed by atoms with Gasteiger partial charge in [0.25, 0.3) is 5.91 Å². The largest absolute Gasteiger partial charge is 0.457 e. The number of benzene rings is 2. The Labute approximate surface area is 197 Å². The predicted molar refractivity (Wildman–Crippen MR) is 132 cm³/mol. The molecule has 8 nitrogen and oxygen atoms in total. The zero-order valence-electron chi connectivity index (χ0n) is 18.7. The van der Waals surface area contributed by atoms with Crippen LogP contribution in [-0.2, 0) is 4.79 Å². The fourth-order valence-corrected chi connectivity index (χ4v) is 4.36. The van der Waals surface area contributed by atoms with Gasteiger partial charge in [-0.25, -0.2) is 0 Å². The Morgan fingerprint density at radius 2 is 1.79 bits per heavy atom. The van der Waals surface area contributed by atoms with Gasteiger partial charge in [0.15, 0.2) is 0 Å². The monoisotopic (exact) mass is 452 g/mol. The van der Waals surface area contributed by atoms with Gasteiger partial charge in [-0.1, -0.05) is 36.3 Å². The number of carbonyl (C=O) groups excluding carboxylic acids is 1. The molecule has 4 N–H and O–H groups in total. The van der Waals surface area contributed by atoms with E-state index in [1.54, 1.807) is 11.8 Å². The second kappa shape index (κ2) is 8.79. The van der Waals surface area contributed by atoms with Gasteiger partial charge in [-0.05, 0) is 49.1 Å². The molecule has 170 valence electrons. The molecule has 1 atom stereocenters. The molecule has 1 fully saturated rings. The summed E-state index contributed by atoms with van der Waals surface area (Å²) in [7, 11) is 0. The Kier molecular flexibility index (Phi) is 5.52. The number of hydrogen-bond acceptors (Lipinski definition) is 6. The molecule has 2 aromatic heterocycles. The number of ether oxygens (including phenoxy) is 1. The van der Waals surface area contributed by atoms with Gasteiger partial charge < -0.3 is 25.7 Å². The zero-order chi connectivity index (χ0) is 23.7. The van der Waals surface area contributed by atoms with E-state index in [0.29, 0.717) is 24.6 Å². The van der Waals surface area contributed by atoms with Gasteiger partial charge in [0, 0.05) is 24.8 Å². The Balaban J connectivity index is 1.51. The average Bonchev–Trinajstić information content (AvgIpc) is 3.46. The first-order valence-electron chi connectivity index (χ1n) is 11.0. The second-order valence-electron chi connectivity index (χ2n) is 8.12. The smallest absolute Gasteiger partial charge is 0.298 e. The van der Waals surface area contributed by atoms with E-state index in [0.717, 1.165) is 34.4 Å². The molecule has 1 aliphatic rings. The zero-order valence-corrected chi connectivity index (χ0v) is 18.7. The topological polar surface area (TPSA) is 112 Å². The van der Waals surface area contributed by atoms with Gasteiger partial charge in [-0.3, -0.25) is 4.79 Å². The van der Waals surface area contributed by atoms with Crippen LogP contribution in [0, 0.1) is 11.8 Å². The molecule has 0 bridgehead atoms. The third-order valence-electron chi connectivity index (χ3n) is 5.94. The number of likely N-dealkylation sites (tertiary alicyclic amines) is 1. The van der Waals surface area contributed by atoms with E-state index in [4.69, 9.17) is 16.2 Å². The van der Waals surface area contributed by atoms with Crippen LogP contribution >= 0.6 is 0 Å². The fraction of sp³-hybridized carbons (Fsp3) is 0.192. The highest BCUT2D eigenvalue weighted by Crippen LogP contribution is 2.37. The summed E-state index contributed by atoms with van der Waals surface area (Å²) in [5.74, 6) is 7.07. The van der Waals surface area contributed by atoms with Crippen LogP contribution in [-0.4, -0.2) is 38.4 Å². The minimum absolute atomic E-state index is 0.0354. The molecule has 0 radical (unpaired) electrons. The van der Waals surface area contributed by atoms with Crippen LogP contribution < -0.4 is 16.2 Å². The van der Waals surface area contributed by atoms with Crippen LogP contribution in [0.4, 0.5) is 11.8 Å². The van der Waals surface area contributed by atoms with Gasteiger partial charge in [0.2, 0.25) is 5.95 Å². The number of hydrogen-bond donors (Lipinski definition) is 2. The maximum Gasteiger partial charge on any atom is 0.298 e. The number of rotatable bonds is 4. The van der Waals surface area contributed by atoms with Crippen molar-refractivity contribution in [2.45, 2.75) is 19.4 Å². The molecule has 0 aliphatic carbocycles. The normalized spacial score (nSPS) is 15.2. The van der Waals surface area contributed by atoms with Crippen molar-refractivity contribution in [3.8, 4) is 34.5 Å². The number of anilines is 2. The van der Waals surface area contributed by atoms with Crippen LogP contribution in [0.1, 0.15) is 19.4 Å². The van der Waals surface area contributed by atoms with Crippen molar-refractivity contribution in [2.75, 3.05) is 24.6 Å². The first kappa shape index (κ1) is 21.3. The summed E-state index contributed by atoms with van der Waals surface area (Å²) in [6.07, 6.45) is 2.81. The summed E-state index contributed by atoms with van der Waals surface area (Å²) in [5.41, 5.74) is 14.7. The van der Waals surface area contributed by atoms with E-state index in [1.165, 1.54) is 0 Å². The number of carbonyl (C=O) groups is 1. The summed E-state index contributed by atoms with van der Waals surface area (Å²) in [4.78, 5) is 22.7. The highest BCUT2D eigenvalue weighted by atomic mass is 16.5. The molecule has 4 aromatic rings. The van der Waals surface area contributed by atoms with Crippen molar-refractivity contribution >= 4 is 28.7 Å². The van der Waals surface area contributed by atoms with Crippen LogP contribution in [0.3, 0.4) is 0 Å². The first-order valence-corrected chi connectivity index (χ1v) is 11.0. The minimum atomic E-state index is -0.163. The third-order valence-corrected chi connectivity index (χ3v) is 5.94. The lowest BCUT2D eigenvalue weighted by Crippen LogP contribution is -2.27. The summed E-state index contributed by atoms with van der Waals surface area (Å²) < 4.78 is 7.97. The molecule has 34 heavy (non-hydrogen) atoms. The quantitative estimate of drug-likeness (QED) is 0.455. The fourth-order valence-electron chi connectivity index (χ4n) is 4.36. The number of nitrogen functional groups attached to an aromatic ring is 2. The van der Waals surface area contributed by atoms with Crippen molar-refractivity contribution in [1.82, 2.24) is 19.4 Å². The molecule has 3 heterocycles. The van der Waals surface area contributed by atoms with Gasteiger partial charge in [0.05, 0.1) is 11.4 Å². The molecule has 0 spiro atoms. The summed E-state index contributed by atoms with van der Waals surface area (Å²) in [6, 6.07) is 17.5. The Morgan fingerprint density at radius 1 is 1.06 bits per heavy atom. The summed E-state index contributed by atoms with van der Waals surface area (Å²) in [6.45, 7) is 2.84. The summed E-state index contributed by atoms with van der Waals surface area (Å²) in [5, 5.41) is 0.740. The van der Waals surface area contributed by atoms with E-state index in [1.807, 2.05) is 60.8 Å². The number of nitrogens with two attached hydrogens (primary N) is 2. The molecular formula is C26H24N6O2. The Bertz CT molecular complexity index is 1420. The second-order valence-corrected chi connectivity index (χ2v) is 8.12. The average molecular weight is 453 g/mol. The SMILES string of the molecule is CC#CC(=O)N1CC[C@@H](n2cc(-c3ccc(Oc4ccccc4)cc3)c3c(N)nc(N)nc32)C1.